The highest BCUT2D eigenvalue weighted by atomic mass is 16.3. The lowest BCUT2D eigenvalue weighted by atomic mass is 10.0. The molecule has 7 heteroatoms. The van der Waals surface area contributed by atoms with Crippen molar-refractivity contribution in [3.05, 3.63) is 146 Å². The molecule has 6 aromatic carbocycles. The summed E-state index contributed by atoms with van der Waals surface area (Å²) in [5.74, 6) is 2.22. The van der Waals surface area contributed by atoms with Gasteiger partial charge < -0.3 is 4.42 Å². The lowest BCUT2D eigenvalue weighted by Gasteiger charge is -2.23. The van der Waals surface area contributed by atoms with E-state index >= 15 is 0 Å². The summed E-state index contributed by atoms with van der Waals surface area (Å²) >= 11 is 0. The number of benzene rings is 6. The van der Waals surface area contributed by atoms with E-state index in [1.54, 1.807) is 0 Å². The summed E-state index contributed by atoms with van der Waals surface area (Å²) in [5, 5.41) is 2.06. The summed E-state index contributed by atoms with van der Waals surface area (Å²) in [6, 6.07) is 49.2. The molecule has 220 valence electrons. The number of fused-ring (bicyclic) bond motifs is 10. The smallest absolute Gasteiger partial charge is 0.241 e. The standard InChI is InChI=1S/C40H24N6O/c1-2-13-25(14-3-1)37-42-38(30-19-12-18-29-28-17-6-11-24-35(28)47-36(29)30)44-39(43-37)46-33-22-9-5-16-27(33)26-15-4-8-21-32(26)45-34-23-10-7-20-31(34)41-40(45)46/h1-24H. The molecule has 47 heavy (non-hydrogen) atoms. The van der Waals surface area contributed by atoms with Gasteiger partial charge in [-0.15, -0.1) is 0 Å². The van der Waals surface area contributed by atoms with E-state index in [-0.39, 0.29) is 0 Å². The fourth-order valence-electron chi connectivity index (χ4n) is 6.72. The van der Waals surface area contributed by atoms with Crippen molar-refractivity contribution in [3.63, 3.8) is 0 Å². The molecule has 3 aromatic heterocycles. The number of anilines is 3. The zero-order valence-corrected chi connectivity index (χ0v) is 24.9. The lowest BCUT2D eigenvalue weighted by Crippen LogP contribution is -2.18. The van der Waals surface area contributed by atoms with Gasteiger partial charge in [0.15, 0.2) is 11.6 Å². The Morgan fingerprint density at radius 2 is 1.13 bits per heavy atom. The summed E-state index contributed by atoms with van der Waals surface area (Å²) in [7, 11) is 0. The van der Waals surface area contributed by atoms with Crippen LogP contribution in [0.25, 0.3) is 72.6 Å². The molecule has 0 unspecified atom stereocenters. The Balaban J connectivity index is 1.31. The average molecular weight is 605 g/mol. The summed E-state index contributed by atoms with van der Waals surface area (Å²) < 4.78 is 8.66. The number of aromatic nitrogens is 5. The maximum atomic E-state index is 6.45. The third-order valence-electron chi connectivity index (χ3n) is 8.82. The maximum absolute atomic E-state index is 6.45. The first-order chi connectivity index (χ1) is 23.3. The predicted molar refractivity (Wildman–Crippen MR) is 186 cm³/mol. The fourth-order valence-corrected chi connectivity index (χ4v) is 6.72. The van der Waals surface area contributed by atoms with E-state index in [1.165, 1.54) is 0 Å². The van der Waals surface area contributed by atoms with Crippen LogP contribution in [0.5, 0.6) is 0 Å². The van der Waals surface area contributed by atoms with Crippen LogP contribution < -0.4 is 4.90 Å². The second kappa shape index (κ2) is 9.95. The lowest BCUT2D eigenvalue weighted by molar-refractivity contribution is 0.669. The van der Waals surface area contributed by atoms with E-state index in [1.807, 2.05) is 84.9 Å². The second-order valence-electron chi connectivity index (χ2n) is 11.5. The molecule has 9 aromatic rings. The van der Waals surface area contributed by atoms with Gasteiger partial charge in [0.25, 0.3) is 0 Å². The van der Waals surface area contributed by atoms with Gasteiger partial charge in [0.1, 0.15) is 11.2 Å². The maximum Gasteiger partial charge on any atom is 0.241 e. The van der Waals surface area contributed by atoms with Crippen molar-refractivity contribution in [3.8, 4) is 39.6 Å². The summed E-state index contributed by atoms with van der Waals surface area (Å²) in [6.07, 6.45) is 0. The van der Waals surface area contributed by atoms with Crippen molar-refractivity contribution in [2.45, 2.75) is 0 Å². The molecule has 0 aliphatic carbocycles. The van der Waals surface area contributed by atoms with E-state index in [0.29, 0.717) is 23.5 Å². The Morgan fingerprint density at radius 3 is 2.02 bits per heavy atom. The topological polar surface area (TPSA) is 72.9 Å². The number of furan rings is 1. The van der Waals surface area contributed by atoms with Crippen LogP contribution in [0.15, 0.2) is 150 Å². The molecule has 0 atom stereocenters. The first kappa shape index (κ1) is 25.7. The third-order valence-corrected chi connectivity index (χ3v) is 8.82. The molecule has 0 radical (unpaired) electrons. The monoisotopic (exact) mass is 604 g/mol. The Kier molecular flexibility index (Phi) is 5.44. The fraction of sp³-hybridized carbons (Fsp3) is 0. The second-order valence-corrected chi connectivity index (χ2v) is 11.5. The van der Waals surface area contributed by atoms with Gasteiger partial charge in [0.2, 0.25) is 11.9 Å². The number of hydrogen-bond acceptors (Lipinski definition) is 6. The molecule has 0 saturated carbocycles. The van der Waals surface area contributed by atoms with Crippen molar-refractivity contribution in [1.82, 2.24) is 24.5 Å². The largest absolute Gasteiger partial charge is 0.455 e. The van der Waals surface area contributed by atoms with Crippen molar-refractivity contribution in [2.75, 3.05) is 4.90 Å². The molecule has 0 amide bonds. The highest BCUT2D eigenvalue weighted by molar-refractivity contribution is 6.09. The number of nitrogens with zero attached hydrogens (tertiary/aromatic N) is 6. The number of rotatable bonds is 3. The molecular formula is C40H24N6O. The van der Waals surface area contributed by atoms with E-state index in [9.17, 15) is 0 Å². The van der Waals surface area contributed by atoms with Crippen molar-refractivity contribution in [2.24, 2.45) is 0 Å². The van der Waals surface area contributed by atoms with Crippen LogP contribution in [0, 0.1) is 0 Å². The first-order valence-corrected chi connectivity index (χ1v) is 15.5. The van der Waals surface area contributed by atoms with E-state index < -0.39 is 0 Å². The van der Waals surface area contributed by atoms with Crippen LogP contribution in [0.2, 0.25) is 0 Å². The Labute approximate surface area is 269 Å². The highest BCUT2D eigenvalue weighted by Crippen LogP contribution is 2.47. The number of para-hydroxylation sites is 6. The molecule has 1 aliphatic rings. The highest BCUT2D eigenvalue weighted by Gasteiger charge is 2.31. The third kappa shape index (κ3) is 3.87. The molecule has 1 aliphatic heterocycles. The van der Waals surface area contributed by atoms with Gasteiger partial charge in [-0.3, -0.25) is 4.57 Å². The molecular weight excluding hydrogens is 580 g/mol. The minimum Gasteiger partial charge on any atom is -0.455 e. The zero-order valence-electron chi connectivity index (χ0n) is 24.9. The average Bonchev–Trinajstić information content (AvgIpc) is 3.68. The quantitative estimate of drug-likeness (QED) is 0.200. The number of imidazole rings is 1. The molecule has 0 spiro atoms. The van der Waals surface area contributed by atoms with Crippen LogP contribution >= 0.6 is 0 Å². The van der Waals surface area contributed by atoms with E-state index in [0.717, 1.165) is 66.6 Å². The van der Waals surface area contributed by atoms with E-state index in [4.69, 9.17) is 24.4 Å². The van der Waals surface area contributed by atoms with Crippen LogP contribution in [0.4, 0.5) is 17.6 Å². The van der Waals surface area contributed by atoms with Gasteiger partial charge in [-0.25, -0.2) is 14.9 Å². The molecule has 7 nitrogen and oxygen atoms in total. The Bertz CT molecular complexity index is 2660. The van der Waals surface area contributed by atoms with Crippen LogP contribution in [0.1, 0.15) is 0 Å². The minimum atomic E-state index is 0.457. The molecule has 0 fully saturated rings. The van der Waals surface area contributed by atoms with Crippen molar-refractivity contribution in [1.29, 1.82) is 0 Å². The predicted octanol–water partition coefficient (Wildman–Crippen LogP) is 9.89. The van der Waals surface area contributed by atoms with E-state index in [2.05, 4.69) is 70.1 Å². The van der Waals surface area contributed by atoms with Crippen molar-refractivity contribution >= 4 is 50.6 Å². The van der Waals surface area contributed by atoms with Gasteiger partial charge in [0, 0.05) is 27.5 Å². The first-order valence-electron chi connectivity index (χ1n) is 15.5. The van der Waals surface area contributed by atoms with Gasteiger partial charge in [0.05, 0.1) is 28.0 Å². The molecule has 0 bridgehead atoms. The Hall–Kier alpha value is -6.60. The summed E-state index contributed by atoms with van der Waals surface area (Å²) in [6.45, 7) is 0. The zero-order chi connectivity index (χ0) is 30.9. The van der Waals surface area contributed by atoms with Gasteiger partial charge in [-0.05, 0) is 36.4 Å². The van der Waals surface area contributed by atoms with Gasteiger partial charge >= 0.3 is 0 Å². The molecule has 0 saturated heterocycles. The summed E-state index contributed by atoms with van der Waals surface area (Å²) in [4.78, 5) is 22.8. The van der Waals surface area contributed by atoms with Gasteiger partial charge in [-0.2, -0.15) is 9.97 Å². The van der Waals surface area contributed by atoms with Crippen LogP contribution in [0.3, 0.4) is 0 Å². The molecule has 10 rings (SSSR count). The SMILES string of the molecule is c1ccc(-c2nc(-c3cccc4c3oc3ccccc34)nc(N3c4ccccc4-c4ccccc4-n4c3nc3ccccc34)n2)cc1. The Morgan fingerprint density at radius 1 is 0.468 bits per heavy atom. The summed E-state index contributed by atoms with van der Waals surface area (Å²) in [5.41, 5.74) is 9.22. The van der Waals surface area contributed by atoms with Crippen LogP contribution in [-0.2, 0) is 0 Å². The minimum absolute atomic E-state index is 0.457. The molecule has 4 heterocycles. The van der Waals surface area contributed by atoms with Gasteiger partial charge in [-0.1, -0.05) is 109 Å². The normalized spacial score (nSPS) is 12.2. The van der Waals surface area contributed by atoms with Crippen LogP contribution in [-0.4, -0.2) is 24.5 Å². The van der Waals surface area contributed by atoms with Crippen molar-refractivity contribution < 1.29 is 4.42 Å². The number of hydrogen-bond donors (Lipinski definition) is 0. The molecule has 0 N–H and O–H groups in total.